The summed E-state index contributed by atoms with van der Waals surface area (Å²) in [4.78, 5) is 39.9. The zero-order chi connectivity index (χ0) is 22.6. The van der Waals surface area contributed by atoms with Crippen molar-refractivity contribution >= 4 is 23.2 Å². The molecule has 1 saturated carbocycles. The molecule has 2 saturated heterocycles. The predicted octanol–water partition coefficient (Wildman–Crippen LogP) is 2.34. The molecule has 0 bridgehead atoms. The van der Waals surface area contributed by atoms with Gasteiger partial charge in [0.1, 0.15) is 0 Å². The van der Waals surface area contributed by atoms with E-state index in [1.54, 1.807) is 11.3 Å². The molecule has 2 atom stereocenters. The summed E-state index contributed by atoms with van der Waals surface area (Å²) in [7, 11) is 0. The van der Waals surface area contributed by atoms with Crippen molar-refractivity contribution in [2.24, 2.45) is 11.3 Å². The molecule has 0 aromatic carbocycles. The number of rotatable bonds is 5. The summed E-state index contributed by atoms with van der Waals surface area (Å²) in [6.45, 7) is 8.30. The van der Waals surface area contributed by atoms with Gasteiger partial charge in [-0.05, 0) is 40.0 Å². The van der Waals surface area contributed by atoms with E-state index in [1.807, 2.05) is 34.6 Å². The number of amides is 2. The highest BCUT2D eigenvalue weighted by molar-refractivity contribution is 7.09. The van der Waals surface area contributed by atoms with E-state index in [9.17, 15) is 14.7 Å². The number of imidazole rings is 1. The van der Waals surface area contributed by atoms with Crippen LogP contribution in [0.2, 0.25) is 0 Å². The molecule has 0 unspecified atom stereocenters. The summed E-state index contributed by atoms with van der Waals surface area (Å²) in [5.74, 6) is -0.0660. The number of hydrogen-bond donors (Lipinski definition) is 1. The first-order chi connectivity index (χ1) is 15.3. The van der Waals surface area contributed by atoms with Gasteiger partial charge in [0.25, 0.3) is 0 Å². The van der Waals surface area contributed by atoms with E-state index in [1.165, 1.54) is 0 Å². The summed E-state index contributed by atoms with van der Waals surface area (Å²) in [5, 5.41) is 12.7. The first kappa shape index (κ1) is 21.6. The quantitative estimate of drug-likeness (QED) is 0.744. The average molecular weight is 458 g/mol. The van der Waals surface area contributed by atoms with E-state index < -0.39 is 5.41 Å². The number of carbonyl (C=O) groups is 2. The van der Waals surface area contributed by atoms with Crippen molar-refractivity contribution < 1.29 is 14.7 Å². The predicted molar refractivity (Wildman–Crippen MR) is 120 cm³/mol. The minimum absolute atomic E-state index is 0.0712. The Morgan fingerprint density at radius 3 is 2.78 bits per heavy atom. The van der Waals surface area contributed by atoms with E-state index in [2.05, 4.69) is 28.4 Å². The van der Waals surface area contributed by atoms with Crippen molar-refractivity contribution in [3.63, 3.8) is 0 Å². The van der Waals surface area contributed by atoms with E-state index in [4.69, 9.17) is 0 Å². The highest BCUT2D eigenvalue weighted by Crippen LogP contribution is 2.50. The van der Waals surface area contributed by atoms with Gasteiger partial charge in [-0.3, -0.25) is 9.59 Å². The lowest BCUT2D eigenvalue weighted by Gasteiger charge is -2.33. The first-order valence-electron chi connectivity index (χ1n) is 11.5. The Morgan fingerprint density at radius 1 is 1.38 bits per heavy atom. The summed E-state index contributed by atoms with van der Waals surface area (Å²) in [6.07, 6.45) is 5.26. The van der Waals surface area contributed by atoms with Crippen LogP contribution in [0.1, 0.15) is 61.5 Å². The molecule has 8 nitrogen and oxygen atoms in total. The number of aromatic nitrogens is 3. The molecule has 2 aromatic rings. The maximum atomic E-state index is 13.8. The SMILES string of the molecule is Cc1nc(CN2CC[C@]3(CN(C(=O)C4CC(O)C4)C[C@H]3c3cn(C(C)C)cn3)C2=O)cs1. The molecule has 172 valence electrons. The Morgan fingerprint density at radius 2 is 2.16 bits per heavy atom. The van der Waals surface area contributed by atoms with Crippen LogP contribution < -0.4 is 0 Å². The van der Waals surface area contributed by atoms with Gasteiger partial charge < -0.3 is 19.5 Å². The lowest BCUT2D eigenvalue weighted by atomic mass is 9.75. The van der Waals surface area contributed by atoms with Crippen molar-refractivity contribution in [3.8, 4) is 0 Å². The highest BCUT2D eigenvalue weighted by Gasteiger charge is 2.59. The van der Waals surface area contributed by atoms with Crippen LogP contribution in [0.25, 0.3) is 0 Å². The molecule has 32 heavy (non-hydrogen) atoms. The van der Waals surface area contributed by atoms with Crippen molar-refractivity contribution in [2.45, 2.75) is 64.6 Å². The van der Waals surface area contributed by atoms with Gasteiger partial charge in [-0.2, -0.15) is 0 Å². The van der Waals surface area contributed by atoms with Gasteiger partial charge in [0.2, 0.25) is 11.8 Å². The van der Waals surface area contributed by atoms with E-state index in [-0.39, 0.29) is 35.8 Å². The fraction of sp³-hybridized carbons (Fsp3) is 0.652. The minimum atomic E-state index is -0.640. The number of nitrogens with zero attached hydrogens (tertiary/aromatic N) is 5. The Bertz CT molecular complexity index is 1030. The fourth-order valence-corrected chi connectivity index (χ4v) is 6.08. The van der Waals surface area contributed by atoms with E-state index in [0.717, 1.165) is 16.4 Å². The third kappa shape index (κ3) is 3.55. The Labute approximate surface area is 192 Å². The van der Waals surface area contributed by atoms with Gasteiger partial charge in [0.15, 0.2) is 0 Å². The van der Waals surface area contributed by atoms with E-state index >= 15 is 0 Å². The Balaban J connectivity index is 1.42. The van der Waals surface area contributed by atoms with Crippen LogP contribution in [0.3, 0.4) is 0 Å². The van der Waals surface area contributed by atoms with Crippen LogP contribution in [0.5, 0.6) is 0 Å². The molecule has 3 fully saturated rings. The van der Waals surface area contributed by atoms with Gasteiger partial charge in [0, 0.05) is 49.1 Å². The molecule has 2 amide bonds. The van der Waals surface area contributed by atoms with Crippen molar-refractivity contribution in [1.82, 2.24) is 24.3 Å². The van der Waals surface area contributed by atoms with Gasteiger partial charge in [0.05, 0.1) is 40.8 Å². The average Bonchev–Trinajstić information content (AvgIpc) is 3.50. The van der Waals surface area contributed by atoms with Crippen LogP contribution in [-0.2, 0) is 16.1 Å². The normalized spacial score (nSPS) is 30.0. The molecular formula is C23H31N5O3S. The maximum absolute atomic E-state index is 13.8. The Kier molecular flexibility index (Phi) is 5.36. The molecule has 9 heteroatoms. The molecule has 3 aliphatic rings. The number of carbonyl (C=O) groups excluding carboxylic acids is 2. The largest absolute Gasteiger partial charge is 0.393 e. The first-order valence-corrected chi connectivity index (χ1v) is 12.4. The smallest absolute Gasteiger partial charge is 0.231 e. The molecule has 2 aromatic heterocycles. The van der Waals surface area contributed by atoms with E-state index in [0.29, 0.717) is 45.4 Å². The minimum Gasteiger partial charge on any atom is -0.393 e. The zero-order valence-electron chi connectivity index (χ0n) is 18.9. The zero-order valence-corrected chi connectivity index (χ0v) is 19.7. The standard InChI is InChI=1S/C23H31N5O3S/c1-14(2)28-10-20(24-13-28)19-9-27(21(30)16-6-18(29)7-16)12-23(19)4-5-26(22(23)31)8-17-11-32-15(3)25-17/h10-11,13-14,16,18-19,29H,4-9,12H2,1-3H3/t16?,18?,19-,23+/m0/s1. The molecular weight excluding hydrogens is 426 g/mol. The molecule has 1 N–H and O–H groups in total. The number of aliphatic hydroxyl groups is 1. The van der Waals surface area contributed by atoms with Crippen molar-refractivity contribution in [3.05, 3.63) is 34.3 Å². The van der Waals surface area contributed by atoms with Gasteiger partial charge in [-0.25, -0.2) is 9.97 Å². The number of aliphatic hydroxyl groups excluding tert-OH is 1. The summed E-state index contributed by atoms with van der Waals surface area (Å²) >= 11 is 1.60. The lowest BCUT2D eigenvalue weighted by Crippen LogP contribution is -2.44. The van der Waals surface area contributed by atoms with Crippen LogP contribution in [0.4, 0.5) is 0 Å². The molecule has 0 radical (unpaired) electrons. The third-order valence-corrected chi connectivity index (χ3v) is 8.27. The van der Waals surface area contributed by atoms with Crippen LogP contribution in [-0.4, -0.2) is 67.0 Å². The van der Waals surface area contributed by atoms with Gasteiger partial charge in [-0.1, -0.05) is 0 Å². The number of thiazole rings is 1. The van der Waals surface area contributed by atoms with Crippen molar-refractivity contribution in [1.29, 1.82) is 0 Å². The fourth-order valence-electron chi connectivity index (χ4n) is 5.47. The van der Waals surface area contributed by atoms with Crippen molar-refractivity contribution in [2.75, 3.05) is 19.6 Å². The van der Waals surface area contributed by atoms with Crippen LogP contribution in [0, 0.1) is 18.3 Å². The molecule has 1 spiro atoms. The molecule has 1 aliphatic carbocycles. The number of hydrogen-bond acceptors (Lipinski definition) is 6. The topological polar surface area (TPSA) is 91.6 Å². The highest BCUT2D eigenvalue weighted by atomic mass is 32.1. The molecule has 2 aliphatic heterocycles. The summed E-state index contributed by atoms with van der Waals surface area (Å²) < 4.78 is 2.06. The second kappa shape index (κ2) is 7.95. The summed E-state index contributed by atoms with van der Waals surface area (Å²) in [6, 6.07) is 0.284. The molecule has 4 heterocycles. The van der Waals surface area contributed by atoms with Crippen LogP contribution in [0.15, 0.2) is 17.9 Å². The second-order valence-electron chi connectivity index (χ2n) is 9.92. The van der Waals surface area contributed by atoms with Gasteiger partial charge in [-0.15, -0.1) is 11.3 Å². The monoisotopic (exact) mass is 457 g/mol. The third-order valence-electron chi connectivity index (χ3n) is 7.45. The number of aryl methyl sites for hydroxylation is 1. The van der Waals surface area contributed by atoms with Gasteiger partial charge >= 0.3 is 0 Å². The lowest BCUT2D eigenvalue weighted by molar-refractivity contribution is -0.142. The second-order valence-corrected chi connectivity index (χ2v) is 11.0. The van der Waals surface area contributed by atoms with Crippen LogP contribution >= 0.6 is 11.3 Å². The maximum Gasteiger partial charge on any atom is 0.231 e. The Hall–Kier alpha value is -2.26. The summed E-state index contributed by atoms with van der Waals surface area (Å²) in [5.41, 5.74) is 1.18. The number of likely N-dealkylation sites (tertiary alicyclic amines) is 2. The molecule has 5 rings (SSSR count).